The molecule has 9 heteroatoms. The average Bonchev–Trinajstić information content (AvgIpc) is 3.47. The normalized spacial score (nSPS) is 16.3. The maximum Gasteiger partial charge on any atom is 0.329 e. The lowest BCUT2D eigenvalue weighted by Crippen LogP contribution is -2.41. The smallest absolute Gasteiger partial charge is 0.329 e. The van der Waals surface area contributed by atoms with Crippen LogP contribution in [0, 0.1) is 0 Å². The van der Waals surface area contributed by atoms with Crippen LogP contribution in [0.5, 0.6) is 0 Å². The van der Waals surface area contributed by atoms with Gasteiger partial charge in [-0.15, -0.1) is 0 Å². The van der Waals surface area contributed by atoms with E-state index >= 15 is 0 Å². The highest BCUT2D eigenvalue weighted by Crippen LogP contribution is 2.22. The molecule has 0 aliphatic carbocycles. The third-order valence-corrected chi connectivity index (χ3v) is 4.68. The van der Waals surface area contributed by atoms with E-state index < -0.39 is 12.0 Å². The number of carbonyl (C=O) groups excluding carboxylic acids is 2. The van der Waals surface area contributed by atoms with Crippen molar-refractivity contribution in [2.75, 3.05) is 6.54 Å². The summed E-state index contributed by atoms with van der Waals surface area (Å²) in [6.07, 6.45) is 2.67. The summed E-state index contributed by atoms with van der Waals surface area (Å²) in [6, 6.07) is 9.51. The van der Waals surface area contributed by atoms with Crippen molar-refractivity contribution in [1.82, 2.24) is 15.0 Å². The Hall–Kier alpha value is -3.13. The number of hydrogen-bond acceptors (Lipinski definition) is 7. The Labute approximate surface area is 165 Å². The third-order valence-electron chi connectivity index (χ3n) is 4.43. The first-order valence-electron chi connectivity index (χ1n) is 8.71. The second kappa shape index (κ2) is 7.85. The first-order chi connectivity index (χ1) is 13.6. The molecular formula is C19H16ClN3O5. The molecule has 1 fully saturated rings. The molecule has 1 aliphatic rings. The zero-order valence-electron chi connectivity index (χ0n) is 14.7. The van der Waals surface area contributed by atoms with Crippen molar-refractivity contribution < 1.29 is 23.3 Å². The van der Waals surface area contributed by atoms with Crippen molar-refractivity contribution in [2.45, 2.75) is 25.5 Å². The van der Waals surface area contributed by atoms with Gasteiger partial charge in [-0.25, -0.2) is 4.79 Å². The maximum absolute atomic E-state index is 12.5. The Morgan fingerprint density at radius 2 is 2.07 bits per heavy atom. The Kier molecular flexibility index (Phi) is 5.12. The van der Waals surface area contributed by atoms with Gasteiger partial charge in [-0.3, -0.25) is 4.79 Å². The fraction of sp³-hybridized carbons (Fsp3) is 0.263. The number of rotatable bonds is 5. The highest BCUT2D eigenvalue weighted by Gasteiger charge is 2.36. The molecule has 0 bridgehead atoms. The number of esters is 1. The molecule has 0 radical (unpaired) electrons. The molecule has 1 aliphatic heterocycles. The third kappa shape index (κ3) is 3.77. The Balaban J connectivity index is 1.37. The van der Waals surface area contributed by atoms with Crippen LogP contribution in [0.3, 0.4) is 0 Å². The zero-order valence-corrected chi connectivity index (χ0v) is 15.5. The van der Waals surface area contributed by atoms with Crippen LogP contribution in [0.1, 0.15) is 29.3 Å². The van der Waals surface area contributed by atoms with Crippen LogP contribution in [0.4, 0.5) is 0 Å². The van der Waals surface area contributed by atoms with Crippen molar-refractivity contribution in [3.8, 4) is 11.4 Å². The molecule has 144 valence electrons. The summed E-state index contributed by atoms with van der Waals surface area (Å²) in [4.78, 5) is 30.6. The van der Waals surface area contributed by atoms with Crippen LogP contribution in [-0.2, 0) is 16.1 Å². The summed E-state index contributed by atoms with van der Waals surface area (Å²) < 4.78 is 15.6. The highest BCUT2D eigenvalue weighted by molar-refractivity contribution is 6.30. The summed E-state index contributed by atoms with van der Waals surface area (Å²) in [6.45, 7) is 0.305. The highest BCUT2D eigenvalue weighted by atomic mass is 35.5. The van der Waals surface area contributed by atoms with E-state index in [0.29, 0.717) is 30.2 Å². The first-order valence-corrected chi connectivity index (χ1v) is 9.09. The summed E-state index contributed by atoms with van der Waals surface area (Å²) in [5.41, 5.74) is 0.733. The van der Waals surface area contributed by atoms with Crippen molar-refractivity contribution >= 4 is 23.5 Å². The monoisotopic (exact) mass is 401 g/mol. The van der Waals surface area contributed by atoms with Crippen molar-refractivity contribution in [3.05, 3.63) is 59.3 Å². The van der Waals surface area contributed by atoms with Crippen molar-refractivity contribution in [2.24, 2.45) is 0 Å². The van der Waals surface area contributed by atoms with Crippen LogP contribution >= 0.6 is 11.6 Å². The number of aromatic nitrogens is 2. The molecule has 0 N–H and O–H groups in total. The molecule has 4 rings (SSSR count). The molecule has 3 aromatic rings. The van der Waals surface area contributed by atoms with Crippen molar-refractivity contribution in [3.63, 3.8) is 0 Å². The van der Waals surface area contributed by atoms with Gasteiger partial charge in [0.2, 0.25) is 5.82 Å². The van der Waals surface area contributed by atoms with Crippen LogP contribution in [-0.4, -0.2) is 39.5 Å². The molecule has 1 aromatic carbocycles. The van der Waals surface area contributed by atoms with Gasteiger partial charge >= 0.3 is 5.97 Å². The van der Waals surface area contributed by atoms with Gasteiger partial charge in [0, 0.05) is 17.1 Å². The molecule has 1 amide bonds. The van der Waals surface area contributed by atoms with Gasteiger partial charge in [0.25, 0.3) is 11.8 Å². The number of benzene rings is 1. The first kappa shape index (κ1) is 18.2. The second-order valence-electron chi connectivity index (χ2n) is 6.26. The van der Waals surface area contributed by atoms with Gasteiger partial charge in [-0.1, -0.05) is 16.8 Å². The molecule has 2 aromatic heterocycles. The summed E-state index contributed by atoms with van der Waals surface area (Å²) in [5.74, 6) is -0.0986. The lowest BCUT2D eigenvalue weighted by Gasteiger charge is -2.21. The SMILES string of the molecule is O=C(OCc1nc(-c2ccc(Cl)cc2)no1)C1CCCN1C(=O)c1ccco1. The fourth-order valence-corrected chi connectivity index (χ4v) is 3.18. The van der Waals surface area contributed by atoms with Crippen molar-refractivity contribution in [1.29, 1.82) is 0 Å². The molecule has 0 spiro atoms. The predicted octanol–water partition coefficient (Wildman–Crippen LogP) is 3.33. The zero-order chi connectivity index (χ0) is 19.5. The molecule has 1 saturated heterocycles. The van der Waals surface area contributed by atoms with Gasteiger partial charge in [0.1, 0.15) is 6.04 Å². The number of ether oxygens (including phenoxy) is 1. The number of carbonyl (C=O) groups is 2. The number of hydrogen-bond donors (Lipinski definition) is 0. The Bertz CT molecular complexity index is 968. The lowest BCUT2D eigenvalue weighted by molar-refractivity contribution is -0.150. The predicted molar refractivity (Wildman–Crippen MR) is 97.3 cm³/mol. The Morgan fingerprint density at radius 1 is 1.25 bits per heavy atom. The quantitative estimate of drug-likeness (QED) is 0.604. The van der Waals surface area contributed by atoms with E-state index in [1.54, 1.807) is 36.4 Å². The molecule has 0 saturated carbocycles. The minimum Gasteiger partial charge on any atom is -0.459 e. The number of furan rings is 1. The van der Waals surface area contributed by atoms with Crippen LogP contribution in [0.15, 0.2) is 51.6 Å². The van der Waals surface area contributed by atoms with E-state index in [0.717, 1.165) is 5.56 Å². The summed E-state index contributed by atoms with van der Waals surface area (Å²) in [7, 11) is 0. The summed E-state index contributed by atoms with van der Waals surface area (Å²) in [5, 5.41) is 4.47. The molecule has 1 unspecified atom stereocenters. The Morgan fingerprint density at radius 3 is 2.82 bits per heavy atom. The van der Waals surface area contributed by atoms with E-state index in [9.17, 15) is 9.59 Å². The van der Waals surface area contributed by atoms with E-state index in [4.69, 9.17) is 25.3 Å². The second-order valence-corrected chi connectivity index (χ2v) is 6.70. The van der Waals surface area contributed by atoms with E-state index in [2.05, 4.69) is 10.1 Å². The minimum absolute atomic E-state index is 0.167. The number of halogens is 1. The minimum atomic E-state index is -0.656. The van der Waals surface area contributed by atoms with E-state index in [-0.39, 0.29) is 24.2 Å². The number of likely N-dealkylation sites (tertiary alicyclic amines) is 1. The average molecular weight is 402 g/mol. The van der Waals surface area contributed by atoms with Crippen LogP contribution in [0.25, 0.3) is 11.4 Å². The summed E-state index contributed by atoms with van der Waals surface area (Å²) >= 11 is 5.86. The topological polar surface area (TPSA) is 98.7 Å². The van der Waals surface area contributed by atoms with Gasteiger partial charge in [0.15, 0.2) is 12.4 Å². The van der Waals surface area contributed by atoms with Gasteiger partial charge in [0.05, 0.1) is 6.26 Å². The molecule has 3 heterocycles. The van der Waals surface area contributed by atoms with E-state index in [1.165, 1.54) is 11.2 Å². The maximum atomic E-state index is 12.5. The van der Waals surface area contributed by atoms with Gasteiger partial charge in [-0.05, 0) is 49.2 Å². The van der Waals surface area contributed by atoms with Crippen LogP contribution in [0.2, 0.25) is 5.02 Å². The molecule has 28 heavy (non-hydrogen) atoms. The van der Waals surface area contributed by atoms with Crippen LogP contribution < -0.4 is 0 Å². The van der Waals surface area contributed by atoms with Gasteiger partial charge < -0.3 is 18.6 Å². The number of amides is 1. The number of nitrogens with zero attached hydrogens (tertiary/aromatic N) is 3. The molecule has 1 atom stereocenters. The standard InChI is InChI=1S/C19H16ClN3O5/c20-13-7-5-12(6-8-13)17-21-16(28-22-17)11-27-19(25)14-3-1-9-23(14)18(24)15-4-2-10-26-15/h2,4-8,10,14H,1,3,9,11H2. The van der Waals surface area contributed by atoms with Gasteiger partial charge in [-0.2, -0.15) is 4.98 Å². The fourth-order valence-electron chi connectivity index (χ4n) is 3.06. The molecular weight excluding hydrogens is 386 g/mol. The molecule has 8 nitrogen and oxygen atoms in total. The lowest BCUT2D eigenvalue weighted by atomic mass is 10.2. The largest absolute Gasteiger partial charge is 0.459 e. The van der Waals surface area contributed by atoms with E-state index in [1.807, 2.05) is 0 Å².